The Balaban J connectivity index is 1.56. The SMILES string of the molecule is COCC1CCCN1/N=C1/C(COCc2ccccc2)OC(C)(C)OC1Cc1ccccc1. The van der Waals surface area contributed by atoms with Crippen LogP contribution in [0.2, 0.25) is 0 Å². The van der Waals surface area contributed by atoms with Crippen molar-refractivity contribution in [3.63, 3.8) is 0 Å². The summed E-state index contributed by atoms with van der Waals surface area (Å²) in [6, 6.07) is 20.9. The van der Waals surface area contributed by atoms with Gasteiger partial charge in [-0.15, -0.1) is 0 Å². The lowest BCUT2D eigenvalue weighted by Gasteiger charge is -2.42. The van der Waals surface area contributed by atoms with Gasteiger partial charge in [0.1, 0.15) is 12.2 Å². The third-order valence-corrected chi connectivity index (χ3v) is 6.11. The molecule has 0 N–H and O–H groups in total. The fourth-order valence-electron chi connectivity index (χ4n) is 4.58. The first-order valence-corrected chi connectivity index (χ1v) is 11.9. The molecule has 2 aliphatic heterocycles. The largest absolute Gasteiger partial charge is 0.382 e. The summed E-state index contributed by atoms with van der Waals surface area (Å²) in [6.07, 6.45) is 2.46. The summed E-state index contributed by atoms with van der Waals surface area (Å²) in [4.78, 5) is 0. The van der Waals surface area contributed by atoms with E-state index >= 15 is 0 Å². The normalized spacial score (nSPS) is 26.1. The van der Waals surface area contributed by atoms with E-state index < -0.39 is 5.79 Å². The molecule has 2 saturated heterocycles. The highest BCUT2D eigenvalue weighted by Crippen LogP contribution is 2.29. The van der Waals surface area contributed by atoms with Gasteiger partial charge in [-0.1, -0.05) is 60.7 Å². The van der Waals surface area contributed by atoms with Crippen LogP contribution in [-0.4, -0.2) is 61.6 Å². The van der Waals surface area contributed by atoms with E-state index in [2.05, 4.69) is 41.4 Å². The molecular formula is C27H36N2O4. The van der Waals surface area contributed by atoms with Gasteiger partial charge in [-0.25, -0.2) is 0 Å². The molecule has 33 heavy (non-hydrogen) atoms. The molecule has 178 valence electrons. The number of methoxy groups -OCH3 is 1. The van der Waals surface area contributed by atoms with E-state index in [4.69, 9.17) is 24.0 Å². The average molecular weight is 453 g/mol. The number of hydrazone groups is 1. The number of rotatable bonds is 9. The molecule has 0 radical (unpaired) electrons. The highest BCUT2D eigenvalue weighted by molar-refractivity contribution is 5.93. The maximum Gasteiger partial charge on any atom is 0.164 e. The molecule has 0 spiro atoms. The monoisotopic (exact) mass is 452 g/mol. The Morgan fingerprint density at radius 2 is 1.61 bits per heavy atom. The summed E-state index contributed by atoms with van der Waals surface area (Å²) in [5.74, 6) is -0.726. The number of benzene rings is 2. The Bertz CT molecular complexity index is 888. The smallest absolute Gasteiger partial charge is 0.164 e. The van der Waals surface area contributed by atoms with Gasteiger partial charge >= 0.3 is 0 Å². The van der Waals surface area contributed by atoms with Crippen LogP contribution >= 0.6 is 0 Å². The highest BCUT2D eigenvalue weighted by atomic mass is 16.7. The van der Waals surface area contributed by atoms with E-state index in [1.54, 1.807) is 7.11 Å². The summed E-state index contributed by atoms with van der Waals surface area (Å²) in [6.45, 7) is 6.48. The molecule has 3 atom stereocenters. The predicted octanol–water partition coefficient (Wildman–Crippen LogP) is 4.43. The molecule has 0 saturated carbocycles. The molecule has 0 bridgehead atoms. The van der Waals surface area contributed by atoms with Crippen LogP contribution in [-0.2, 0) is 32.0 Å². The zero-order valence-corrected chi connectivity index (χ0v) is 20.0. The van der Waals surface area contributed by atoms with Crippen molar-refractivity contribution in [2.24, 2.45) is 5.10 Å². The van der Waals surface area contributed by atoms with Crippen molar-refractivity contribution in [3.05, 3.63) is 71.8 Å². The minimum Gasteiger partial charge on any atom is -0.382 e. The minimum absolute atomic E-state index is 0.190. The van der Waals surface area contributed by atoms with Crippen molar-refractivity contribution in [1.82, 2.24) is 5.01 Å². The van der Waals surface area contributed by atoms with Crippen molar-refractivity contribution in [3.8, 4) is 0 Å². The first-order valence-electron chi connectivity index (χ1n) is 11.9. The van der Waals surface area contributed by atoms with Crippen molar-refractivity contribution in [1.29, 1.82) is 0 Å². The summed E-state index contributed by atoms with van der Waals surface area (Å²) in [7, 11) is 1.75. The minimum atomic E-state index is -0.726. The summed E-state index contributed by atoms with van der Waals surface area (Å²) >= 11 is 0. The summed E-state index contributed by atoms with van der Waals surface area (Å²) in [5, 5.41) is 7.28. The molecule has 2 aromatic carbocycles. The van der Waals surface area contributed by atoms with Gasteiger partial charge in [0.05, 0.1) is 31.6 Å². The lowest BCUT2D eigenvalue weighted by molar-refractivity contribution is -0.262. The Labute approximate surface area is 197 Å². The fraction of sp³-hybridized carbons (Fsp3) is 0.519. The third-order valence-electron chi connectivity index (χ3n) is 6.11. The number of nitrogens with zero attached hydrogens (tertiary/aromatic N) is 2. The van der Waals surface area contributed by atoms with Crippen LogP contribution < -0.4 is 0 Å². The van der Waals surface area contributed by atoms with Crippen LogP contribution in [0.3, 0.4) is 0 Å². The van der Waals surface area contributed by atoms with E-state index in [-0.39, 0.29) is 18.2 Å². The second kappa shape index (κ2) is 11.3. The Morgan fingerprint density at radius 1 is 0.939 bits per heavy atom. The standard InChI is InChI=1S/C27H36N2O4/c1-27(2)32-24(17-21-11-6-4-7-12-21)26(28-29-16-10-15-23(29)19-30-3)25(33-27)20-31-18-22-13-8-5-9-14-22/h4-9,11-14,23-25H,10,15-20H2,1-3H3/b28-26+. The van der Waals surface area contributed by atoms with Crippen LogP contribution in [0.4, 0.5) is 0 Å². The topological polar surface area (TPSA) is 52.5 Å². The average Bonchev–Trinajstić information content (AvgIpc) is 3.24. The zero-order valence-electron chi connectivity index (χ0n) is 20.0. The molecule has 2 aliphatic rings. The summed E-state index contributed by atoms with van der Waals surface area (Å²) in [5.41, 5.74) is 3.25. The van der Waals surface area contributed by atoms with Crippen LogP contribution in [0.25, 0.3) is 0 Å². The molecule has 6 heteroatoms. The van der Waals surface area contributed by atoms with Crippen molar-refractivity contribution >= 4 is 5.71 Å². The van der Waals surface area contributed by atoms with Gasteiger partial charge in [0.2, 0.25) is 0 Å². The molecule has 0 amide bonds. The number of hydrogen-bond donors (Lipinski definition) is 0. The van der Waals surface area contributed by atoms with Gasteiger partial charge in [0, 0.05) is 20.1 Å². The van der Waals surface area contributed by atoms with Gasteiger partial charge < -0.3 is 18.9 Å². The lowest BCUT2D eigenvalue weighted by Crippen LogP contribution is -2.54. The van der Waals surface area contributed by atoms with E-state index in [0.717, 1.165) is 37.1 Å². The van der Waals surface area contributed by atoms with E-state index in [1.165, 1.54) is 5.56 Å². The van der Waals surface area contributed by atoms with Crippen LogP contribution in [0.15, 0.2) is 65.8 Å². The maximum absolute atomic E-state index is 6.42. The quantitative estimate of drug-likeness (QED) is 0.563. The highest BCUT2D eigenvalue weighted by Gasteiger charge is 2.42. The molecule has 0 aromatic heterocycles. The van der Waals surface area contributed by atoms with Crippen molar-refractivity contribution in [2.75, 3.05) is 26.9 Å². The molecule has 0 aliphatic carbocycles. The van der Waals surface area contributed by atoms with E-state index in [0.29, 0.717) is 19.8 Å². The molecular weight excluding hydrogens is 416 g/mol. The van der Waals surface area contributed by atoms with E-state index in [9.17, 15) is 0 Å². The van der Waals surface area contributed by atoms with Crippen LogP contribution in [0.1, 0.15) is 37.8 Å². The maximum atomic E-state index is 6.42. The second-order valence-electron chi connectivity index (χ2n) is 9.24. The lowest BCUT2D eigenvalue weighted by atomic mass is 9.99. The third kappa shape index (κ3) is 6.64. The van der Waals surface area contributed by atoms with Gasteiger partial charge in [-0.2, -0.15) is 5.10 Å². The first-order chi connectivity index (χ1) is 16.0. The van der Waals surface area contributed by atoms with Crippen LogP contribution in [0, 0.1) is 0 Å². The number of hydrogen-bond acceptors (Lipinski definition) is 6. The zero-order chi connectivity index (χ0) is 23.1. The molecule has 6 nitrogen and oxygen atoms in total. The van der Waals surface area contributed by atoms with Gasteiger partial charge in [-0.05, 0) is 37.8 Å². The predicted molar refractivity (Wildman–Crippen MR) is 129 cm³/mol. The van der Waals surface area contributed by atoms with Gasteiger partial charge in [0.25, 0.3) is 0 Å². The summed E-state index contributed by atoms with van der Waals surface area (Å²) < 4.78 is 24.3. The molecule has 4 rings (SSSR count). The molecule has 3 unspecified atom stereocenters. The molecule has 2 aromatic rings. The van der Waals surface area contributed by atoms with E-state index in [1.807, 2.05) is 38.1 Å². The Kier molecular flexibility index (Phi) is 8.15. The van der Waals surface area contributed by atoms with Gasteiger partial charge in [0.15, 0.2) is 5.79 Å². The van der Waals surface area contributed by atoms with Gasteiger partial charge in [-0.3, -0.25) is 5.01 Å². The second-order valence-corrected chi connectivity index (χ2v) is 9.24. The van der Waals surface area contributed by atoms with Crippen LogP contribution in [0.5, 0.6) is 0 Å². The Hall–Kier alpha value is -2.25. The first kappa shape index (κ1) is 23.9. The molecule has 2 fully saturated rings. The number of ether oxygens (including phenoxy) is 4. The fourth-order valence-corrected chi connectivity index (χ4v) is 4.58. The Morgan fingerprint density at radius 3 is 2.30 bits per heavy atom. The van der Waals surface area contributed by atoms with Crippen molar-refractivity contribution in [2.45, 2.75) is 63.8 Å². The molecule has 2 heterocycles. The van der Waals surface area contributed by atoms with Crippen molar-refractivity contribution < 1.29 is 18.9 Å².